The Morgan fingerprint density at radius 1 is 0.674 bits per heavy atom. The first-order valence-corrected chi connectivity index (χ1v) is 15.2. The van der Waals surface area contributed by atoms with Crippen LogP contribution in [0.1, 0.15) is 88.5 Å². The van der Waals surface area contributed by atoms with Crippen LogP contribution in [0.5, 0.6) is 0 Å². The van der Waals surface area contributed by atoms with Crippen molar-refractivity contribution in [3.8, 4) is 23.7 Å². The summed E-state index contributed by atoms with van der Waals surface area (Å²) in [6, 6.07) is 0. The van der Waals surface area contributed by atoms with Gasteiger partial charge in [-0.25, -0.2) is 0 Å². The van der Waals surface area contributed by atoms with Crippen molar-refractivity contribution in [1.29, 1.82) is 0 Å². The van der Waals surface area contributed by atoms with Gasteiger partial charge in [-0.3, -0.25) is 0 Å². The van der Waals surface area contributed by atoms with Crippen LogP contribution in [0.3, 0.4) is 0 Å². The topological polar surface area (TPSA) is 60.7 Å². The smallest absolute Gasteiger partial charge is 0.102 e. The molecule has 0 heterocycles. The maximum atomic E-state index is 10.2. The first kappa shape index (κ1) is 35.9. The van der Waals surface area contributed by atoms with E-state index in [2.05, 4.69) is 90.4 Å². The van der Waals surface area contributed by atoms with Crippen LogP contribution in [0.2, 0.25) is 0 Å². The summed E-state index contributed by atoms with van der Waals surface area (Å²) in [7, 11) is 0. The van der Waals surface area contributed by atoms with E-state index in [1.807, 2.05) is 63.3 Å². The van der Waals surface area contributed by atoms with Crippen LogP contribution >= 0.6 is 0 Å². The van der Waals surface area contributed by atoms with Crippen molar-refractivity contribution >= 4 is 0 Å². The standard InChI is InChI=1S/C40H52O3/c1-28(17-13-19-30(3)21-23-35-32(5)25-34(41)26-39(35,7)8)15-11-12-16-29(2)18-14-20-31(4)22-24-36-33(6)38(43)37(42)27-40(36,9)10/h11-20,34,37-38,41-43H,25-27H2,1-10H3/b12-11+,17-13+,18-14+,28-15+,29-16+,30-19+,31-20+/t34-,37+,38+/m1/s1. The van der Waals surface area contributed by atoms with Crippen molar-refractivity contribution in [2.45, 2.75) is 107 Å². The Morgan fingerprint density at radius 3 is 1.63 bits per heavy atom. The second-order valence-corrected chi connectivity index (χ2v) is 13.4. The molecular weight excluding hydrogens is 528 g/mol. The van der Waals surface area contributed by atoms with E-state index in [1.165, 1.54) is 5.57 Å². The summed E-state index contributed by atoms with van der Waals surface area (Å²) in [4.78, 5) is 0. The van der Waals surface area contributed by atoms with E-state index in [9.17, 15) is 15.3 Å². The van der Waals surface area contributed by atoms with Gasteiger partial charge in [0, 0.05) is 22.0 Å². The largest absolute Gasteiger partial charge is 0.393 e. The van der Waals surface area contributed by atoms with E-state index in [0.717, 1.165) is 45.4 Å². The van der Waals surface area contributed by atoms with E-state index in [0.29, 0.717) is 12.8 Å². The maximum Gasteiger partial charge on any atom is 0.102 e. The van der Waals surface area contributed by atoms with Gasteiger partial charge in [-0.15, -0.1) is 0 Å². The number of allylic oxidation sites excluding steroid dienone is 16. The predicted molar refractivity (Wildman–Crippen MR) is 183 cm³/mol. The minimum Gasteiger partial charge on any atom is -0.393 e. The molecule has 230 valence electrons. The number of aliphatic hydroxyl groups is 3. The Labute approximate surface area is 261 Å². The second kappa shape index (κ2) is 15.9. The van der Waals surface area contributed by atoms with Gasteiger partial charge in [0.15, 0.2) is 0 Å². The Bertz CT molecular complexity index is 1440. The highest BCUT2D eigenvalue weighted by molar-refractivity contribution is 5.47. The predicted octanol–water partition coefficient (Wildman–Crippen LogP) is 8.41. The van der Waals surface area contributed by atoms with Gasteiger partial charge < -0.3 is 15.3 Å². The lowest BCUT2D eigenvalue weighted by molar-refractivity contribution is 0.00721. The summed E-state index contributed by atoms with van der Waals surface area (Å²) in [5.41, 5.74) is 7.87. The first-order valence-electron chi connectivity index (χ1n) is 15.2. The molecule has 2 rings (SSSR count). The summed E-state index contributed by atoms with van der Waals surface area (Å²) in [5, 5.41) is 30.4. The lowest BCUT2D eigenvalue weighted by atomic mass is 9.71. The van der Waals surface area contributed by atoms with Gasteiger partial charge in [0.05, 0.1) is 12.2 Å². The first-order chi connectivity index (χ1) is 20.0. The zero-order valence-electron chi connectivity index (χ0n) is 28.0. The summed E-state index contributed by atoms with van der Waals surface area (Å²) >= 11 is 0. The van der Waals surface area contributed by atoms with Crippen LogP contribution in [0.4, 0.5) is 0 Å². The van der Waals surface area contributed by atoms with Crippen LogP contribution < -0.4 is 0 Å². The van der Waals surface area contributed by atoms with Gasteiger partial charge in [-0.05, 0) is 77.5 Å². The second-order valence-electron chi connectivity index (χ2n) is 13.4. The van der Waals surface area contributed by atoms with Crippen LogP contribution in [0, 0.1) is 34.5 Å². The zero-order valence-corrected chi connectivity index (χ0v) is 28.0. The van der Waals surface area contributed by atoms with E-state index >= 15 is 0 Å². The van der Waals surface area contributed by atoms with Gasteiger partial charge in [0.2, 0.25) is 0 Å². The normalized spacial score (nSPS) is 25.4. The fraction of sp³-hybridized carbons (Fsp3) is 0.450. The molecule has 0 aromatic carbocycles. The molecule has 43 heavy (non-hydrogen) atoms. The molecule has 0 amide bonds. The molecule has 0 aromatic heterocycles. The Hall–Kier alpha value is -3.34. The minimum atomic E-state index is -0.845. The third kappa shape index (κ3) is 11.3. The average molecular weight is 581 g/mol. The number of aliphatic hydroxyl groups excluding tert-OH is 3. The van der Waals surface area contributed by atoms with Crippen molar-refractivity contribution < 1.29 is 15.3 Å². The highest BCUT2D eigenvalue weighted by Gasteiger charge is 2.37. The Morgan fingerprint density at radius 2 is 1.14 bits per heavy atom. The van der Waals surface area contributed by atoms with Crippen molar-refractivity contribution in [3.05, 3.63) is 105 Å². The van der Waals surface area contributed by atoms with Crippen LogP contribution in [-0.2, 0) is 0 Å². The highest BCUT2D eigenvalue weighted by atomic mass is 16.3. The van der Waals surface area contributed by atoms with Gasteiger partial charge in [0.1, 0.15) is 6.10 Å². The Kier molecular flexibility index (Phi) is 13.3. The minimum absolute atomic E-state index is 0.0919. The van der Waals surface area contributed by atoms with Gasteiger partial charge >= 0.3 is 0 Å². The molecule has 0 aliphatic heterocycles. The summed E-state index contributed by atoms with van der Waals surface area (Å²) in [6.07, 6.45) is 20.5. The third-order valence-corrected chi connectivity index (χ3v) is 8.00. The van der Waals surface area contributed by atoms with Crippen LogP contribution in [0.15, 0.2) is 105 Å². The lowest BCUT2D eigenvalue weighted by Crippen LogP contribution is -2.39. The van der Waals surface area contributed by atoms with Gasteiger partial charge in [-0.1, -0.05) is 129 Å². The Balaban J connectivity index is 1.95. The molecule has 0 fully saturated rings. The number of hydrogen-bond acceptors (Lipinski definition) is 3. The van der Waals surface area contributed by atoms with Crippen molar-refractivity contribution in [2.24, 2.45) is 10.8 Å². The van der Waals surface area contributed by atoms with Crippen molar-refractivity contribution in [1.82, 2.24) is 0 Å². The molecule has 2 aliphatic rings. The van der Waals surface area contributed by atoms with Gasteiger partial charge in [-0.2, -0.15) is 0 Å². The molecule has 0 spiro atoms. The van der Waals surface area contributed by atoms with E-state index in [4.69, 9.17) is 0 Å². The fourth-order valence-corrected chi connectivity index (χ4v) is 5.67. The van der Waals surface area contributed by atoms with E-state index in [1.54, 1.807) is 0 Å². The summed E-state index contributed by atoms with van der Waals surface area (Å²) in [5.74, 6) is 13.1. The van der Waals surface area contributed by atoms with Crippen molar-refractivity contribution in [3.63, 3.8) is 0 Å². The van der Waals surface area contributed by atoms with E-state index in [-0.39, 0.29) is 16.9 Å². The molecule has 0 saturated carbocycles. The van der Waals surface area contributed by atoms with Crippen LogP contribution in [-0.4, -0.2) is 33.6 Å². The van der Waals surface area contributed by atoms with Gasteiger partial charge in [0.25, 0.3) is 0 Å². The molecular formula is C40H52O3. The molecule has 3 N–H and O–H groups in total. The molecule has 0 saturated heterocycles. The van der Waals surface area contributed by atoms with E-state index < -0.39 is 12.2 Å². The zero-order chi connectivity index (χ0) is 32.4. The molecule has 0 aromatic rings. The number of rotatable bonds is 6. The molecule has 2 aliphatic carbocycles. The molecule has 3 heteroatoms. The SMILES string of the molecule is CC1=C(C#C/C(C)=C/C=C/C(C)=C/C=C/C=C(C)/C=C/C=C(\C)C#CC2=C(C)[C@H](O)[C@@H](O)CC2(C)C)C(C)(C)C[C@H](O)C1. The summed E-state index contributed by atoms with van der Waals surface area (Å²) in [6.45, 7) is 20.5. The fourth-order valence-electron chi connectivity index (χ4n) is 5.67. The van der Waals surface area contributed by atoms with Crippen LogP contribution in [0.25, 0.3) is 0 Å². The molecule has 0 bridgehead atoms. The molecule has 3 nitrogen and oxygen atoms in total. The average Bonchev–Trinajstić information content (AvgIpc) is 2.88. The van der Waals surface area contributed by atoms with Crippen molar-refractivity contribution in [2.75, 3.05) is 0 Å². The quantitative estimate of drug-likeness (QED) is 0.218. The maximum absolute atomic E-state index is 10.2. The third-order valence-electron chi connectivity index (χ3n) is 8.00. The summed E-state index contributed by atoms with van der Waals surface area (Å²) < 4.78 is 0. The monoisotopic (exact) mass is 580 g/mol. The molecule has 0 radical (unpaired) electrons. The number of hydrogen-bond donors (Lipinski definition) is 3. The highest BCUT2D eigenvalue weighted by Crippen LogP contribution is 2.41. The lowest BCUT2D eigenvalue weighted by Gasteiger charge is -2.37. The molecule has 0 unspecified atom stereocenters. The molecule has 3 atom stereocenters.